The van der Waals surface area contributed by atoms with E-state index in [9.17, 15) is 13.2 Å². The maximum absolute atomic E-state index is 12.7. The van der Waals surface area contributed by atoms with E-state index in [1.165, 1.54) is 18.3 Å². The van der Waals surface area contributed by atoms with Crippen LogP contribution in [0, 0.1) is 5.41 Å². The minimum absolute atomic E-state index is 0.0288. The third kappa shape index (κ3) is 6.16. The molecular weight excluding hydrogens is 462 g/mol. The standard InChI is InChI=1S/C27H29N3O4S/c1-4-35(32,33)21-12-9-19(10-13-21)17-27(31)30-20-11-14-22(23-7-5-6-8-26(23)34-3)24(18-20)25(29-2)15-16-28/h5-16,18,28-29H,4,17H2,1-3H3,(H,30,31)/b25-15-,28-16?. The summed E-state index contributed by atoms with van der Waals surface area (Å²) in [5, 5.41) is 13.6. The topological polar surface area (TPSA) is 108 Å². The zero-order chi connectivity index (χ0) is 25.4. The third-order valence-electron chi connectivity index (χ3n) is 5.54. The van der Waals surface area contributed by atoms with Crippen molar-refractivity contribution in [2.45, 2.75) is 18.2 Å². The number of amides is 1. The number of carbonyl (C=O) groups excluding carboxylic acids is 1. The van der Waals surface area contributed by atoms with E-state index in [1.54, 1.807) is 39.3 Å². The Bertz CT molecular complexity index is 1350. The second-order valence-electron chi connectivity index (χ2n) is 7.73. The Morgan fingerprint density at radius 2 is 1.74 bits per heavy atom. The Labute approximate surface area is 206 Å². The molecule has 0 spiro atoms. The highest BCUT2D eigenvalue weighted by atomic mass is 32.2. The molecule has 0 aliphatic carbocycles. The maximum Gasteiger partial charge on any atom is 0.228 e. The number of sulfone groups is 1. The van der Waals surface area contributed by atoms with Crippen molar-refractivity contribution < 1.29 is 17.9 Å². The van der Waals surface area contributed by atoms with Gasteiger partial charge in [-0.3, -0.25) is 4.79 Å². The van der Waals surface area contributed by atoms with Gasteiger partial charge in [-0.1, -0.05) is 43.3 Å². The highest BCUT2D eigenvalue weighted by Crippen LogP contribution is 2.36. The molecule has 0 radical (unpaired) electrons. The van der Waals surface area contributed by atoms with Gasteiger partial charge in [0.25, 0.3) is 0 Å². The number of rotatable bonds is 10. The van der Waals surface area contributed by atoms with Gasteiger partial charge in [-0.2, -0.15) is 0 Å². The van der Waals surface area contributed by atoms with E-state index < -0.39 is 9.84 Å². The Hall–Kier alpha value is -3.91. The molecule has 7 nitrogen and oxygen atoms in total. The van der Waals surface area contributed by atoms with Gasteiger partial charge in [0, 0.05) is 35.8 Å². The minimum atomic E-state index is -3.28. The molecule has 0 saturated heterocycles. The molecule has 3 aromatic carbocycles. The molecule has 1 amide bonds. The van der Waals surface area contributed by atoms with Gasteiger partial charge in [-0.05, 0) is 47.5 Å². The van der Waals surface area contributed by atoms with Crippen LogP contribution >= 0.6 is 0 Å². The highest BCUT2D eigenvalue weighted by Gasteiger charge is 2.15. The number of carbonyl (C=O) groups is 1. The van der Waals surface area contributed by atoms with Crippen LogP contribution in [0.15, 0.2) is 77.7 Å². The number of allylic oxidation sites excluding steroid dienone is 1. The molecular formula is C27H29N3O4S. The molecule has 0 aliphatic heterocycles. The Morgan fingerprint density at radius 3 is 2.37 bits per heavy atom. The summed E-state index contributed by atoms with van der Waals surface area (Å²) in [6.07, 6.45) is 2.95. The summed E-state index contributed by atoms with van der Waals surface area (Å²) in [7, 11) is 0.107. The average molecular weight is 492 g/mol. The number of methoxy groups -OCH3 is 1. The van der Waals surface area contributed by atoms with Crippen LogP contribution in [0.5, 0.6) is 5.75 Å². The number of benzene rings is 3. The van der Waals surface area contributed by atoms with Gasteiger partial charge in [0.1, 0.15) is 5.75 Å². The molecule has 8 heteroatoms. The summed E-state index contributed by atoms with van der Waals surface area (Å²) in [6, 6.07) is 19.6. The fourth-order valence-corrected chi connectivity index (χ4v) is 4.59. The zero-order valence-corrected chi connectivity index (χ0v) is 20.8. The molecule has 0 atom stereocenters. The molecule has 0 bridgehead atoms. The number of nitrogens with one attached hydrogen (secondary N) is 3. The quantitative estimate of drug-likeness (QED) is 0.361. The van der Waals surface area contributed by atoms with E-state index in [0.717, 1.165) is 16.7 Å². The molecule has 0 unspecified atom stereocenters. The van der Waals surface area contributed by atoms with E-state index >= 15 is 0 Å². The predicted octanol–water partition coefficient (Wildman–Crippen LogP) is 4.55. The van der Waals surface area contributed by atoms with Crippen molar-refractivity contribution >= 4 is 33.3 Å². The van der Waals surface area contributed by atoms with E-state index in [0.29, 0.717) is 22.7 Å². The number of hydrogen-bond donors (Lipinski definition) is 3. The molecule has 182 valence electrons. The van der Waals surface area contributed by atoms with Crippen molar-refractivity contribution in [3.05, 3.63) is 83.9 Å². The second kappa shape index (κ2) is 11.5. The van der Waals surface area contributed by atoms with Crippen LogP contribution in [0.4, 0.5) is 5.69 Å². The Balaban J connectivity index is 1.89. The number of hydrogen-bond acceptors (Lipinski definition) is 6. The van der Waals surface area contributed by atoms with Crippen LogP contribution in [0.3, 0.4) is 0 Å². The van der Waals surface area contributed by atoms with Gasteiger partial charge < -0.3 is 20.8 Å². The first-order valence-electron chi connectivity index (χ1n) is 11.1. The fourth-order valence-electron chi connectivity index (χ4n) is 3.71. The van der Waals surface area contributed by atoms with Gasteiger partial charge in [-0.15, -0.1) is 0 Å². The van der Waals surface area contributed by atoms with Crippen molar-refractivity contribution in [3.8, 4) is 16.9 Å². The molecule has 0 aliphatic rings. The Kier molecular flexibility index (Phi) is 8.43. The third-order valence-corrected chi connectivity index (χ3v) is 7.29. The normalized spacial score (nSPS) is 11.6. The van der Waals surface area contributed by atoms with Gasteiger partial charge in [-0.25, -0.2) is 8.42 Å². The van der Waals surface area contributed by atoms with Crippen molar-refractivity contribution in [3.63, 3.8) is 0 Å². The van der Waals surface area contributed by atoms with Crippen molar-refractivity contribution in [2.24, 2.45) is 0 Å². The maximum atomic E-state index is 12.7. The summed E-state index contributed by atoms with van der Waals surface area (Å²) in [5.74, 6) is 0.514. The predicted molar refractivity (Wildman–Crippen MR) is 141 cm³/mol. The molecule has 3 rings (SSSR count). The van der Waals surface area contributed by atoms with Crippen molar-refractivity contribution in [2.75, 3.05) is 25.2 Å². The van der Waals surface area contributed by atoms with Crippen molar-refractivity contribution in [1.82, 2.24) is 5.32 Å². The van der Waals surface area contributed by atoms with Crippen LogP contribution in [0.25, 0.3) is 16.8 Å². The number of para-hydroxylation sites is 1. The molecule has 0 saturated carbocycles. The fraction of sp³-hybridized carbons (Fsp3) is 0.185. The zero-order valence-electron chi connectivity index (χ0n) is 20.0. The Morgan fingerprint density at radius 1 is 1.03 bits per heavy atom. The van der Waals surface area contributed by atoms with Crippen LogP contribution in [0.1, 0.15) is 18.1 Å². The summed E-state index contributed by atoms with van der Waals surface area (Å²) in [6.45, 7) is 1.60. The lowest BCUT2D eigenvalue weighted by Crippen LogP contribution is -2.15. The van der Waals surface area contributed by atoms with Crippen molar-refractivity contribution in [1.29, 1.82) is 5.41 Å². The van der Waals surface area contributed by atoms with Gasteiger partial charge in [0.05, 0.1) is 24.2 Å². The number of ether oxygens (including phenoxy) is 1. The van der Waals surface area contributed by atoms with E-state index in [4.69, 9.17) is 10.1 Å². The molecule has 35 heavy (non-hydrogen) atoms. The SMILES string of the molecule is CCS(=O)(=O)c1ccc(CC(=O)Nc2ccc(-c3ccccc3OC)c(/C(=C/C=N)NC)c2)cc1. The van der Waals surface area contributed by atoms with E-state index in [-0.39, 0.29) is 23.0 Å². The highest BCUT2D eigenvalue weighted by molar-refractivity contribution is 7.91. The minimum Gasteiger partial charge on any atom is -0.496 e. The van der Waals surface area contributed by atoms with Crippen LogP contribution in [-0.2, 0) is 21.1 Å². The first-order valence-corrected chi connectivity index (χ1v) is 12.8. The molecule has 3 aromatic rings. The molecule has 3 N–H and O–H groups in total. The largest absolute Gasteiger partial charge is 0.496 e. The average Bonchev–Trinajstić information content (AvgIpc) is 2.87. The van der Waals surface area contributed by atoms with Gasteiger partial charge >= 0.3 is 0 Å². The summed E-state index contributed by atoms with van der Waals surface area (Å²) < 4.78 is 29.5. The first-order chi connectivity index (χ1) is 16.8. The molecule has 0 aromatic heterocycles. The van der Waals surface area contributed by atoms with Crippen LogP contribution in [-0.4, -0.2) is 40.4 Å². The lowest BCUT2D eigenvalue weighted by Gasteiger charge is -2.17. The summed E-state index contributed by atoms with van der Waals surface area (Å²) in [4.78, 5) is 13.0. The van der Waals surface area contributed by atoms with Crippen LogP contribution < -0.4 is 15.4 Å². The van der Waals surface area contributed by atoms with Gasteiger partial charge in [0.15, 0.2) is 9.84 Å². The second-order valence-corrected chi connectivity index (χ2v) is 10.0. The van der Waals surface area contributed by atoms with Crippen LogP contribution in [0.2, 0.25) is 0 Å². The van der Waals surface area contributed by atoms with E-state index in [2.05, 4.69) is 10.6 Å². The summed E-state index contributed by atoms with van der Waals surface area (Å²) >= 11 is 0. The van der Waals surface area contributed by atoms with E-state index in [1.807, 2.05) is 42.5 Å². The lowest BCUT2D eigenvalue weighted by molar-refractivity contribution is -0.115. The number of anilines is 1. The monoisotopic (exact) mass is 491 g/mol. The lowest BCUT2D eigenvalue weighted by atomic mass is 9.95. The smallest absolute Gasteiger partial charge is 0.228 e. The van der Waals surface area contributed by atoms with Gasteiger partial charge in [0.2, 0.25) is 5.91 Å². The molecule has 0 fully saturated rings. The first kappa shape index (κ1) is 25.7. The summed E-state index contributed by atoms with van der Waals surface area (Å²) in [5.41, 5.74) is 4.59. The molecule has 0 heterocycles.